The summed E-state index contributed by atoms with van der Waals surface area (Å²) < 4.78 is 20.5. The maximum absolute atomic E-state index is 14.7. The molecule has 0 radical (unpaired) electrons. The minimum Gasteiger partial charge on any atom is -0.409 e. The average Bonchev–Trinajstić information content (AvgIpc) is 2.49. The van der Waals surface area contributed by atoms with Crippen LogP contribution in [0.3, 0.4) is 0 Å². The second-order valence-corrected chi connectivity index (χ2v) is 5.90. The first kappa shape index (κ1) is 16.0. The number of nitrogens with two attached hydrogens (primary N) is 1. The summed E-state index contributed by atoms with van der Waals surface area (Å²) in [6, 6.07) is 3.44. The van der Waals surface area contributed by atoms with Crippen LogP contribution in [0.25, 0.3) is 0 Å². The molecule has 0 spiro atoms. The molecule has 1 aliphatic rings. The first-order valence-corrected chi connectivity index (χ1v) is 7.63. The first-order chi connectivity index (χ1) is 9.99. The van der Waals surface area contributed by atoms with Crippen LogP contribution in [-0.4, -0.2) is 36.3 Å². The molecule has 1 saturated heterocycles. The molecule has 5 nitrogen and oxygen atoms in total. The largest absolute Gasteiger partial charge is 0.409 e. The highest BCUT2D eigenvalue weighted by Crippen LogP contribution is 2.32. The molecule has 116 valence electrons. The predicted octanol–water partition coefficient (Wildman–Crippen LogP) is 2.69. The van der Waals surface area contributed by atoms with Gasteiger partial charge in [0, 0.05) is 12.1 Å². The topological polar surface area (TPSA) is 71.1 Å². The third kappa shape index (κ3) is 3.13. The van der Waals surface area contributed by atoms with Crippen LogP contribution in [0.15, 0.2) is 21.8 Å². The standard InChI is InChI=1S/C14H19BrFN3O2/c1-3-9-7-21-8(2)6-19(9)11-5-4-10(14(17)18-20)12(15)13(11)16/h4-5,8-9,20H,3,6-7H2,1-2H3,(H2,17,18). The Kier molecular flexibility index (Phi) is 5.05. The van der Waals surface area contributed by atoms with Gasteiger partial charge < -0.3 is 20.6 Å². The van der Waals surface area contributed by atoms with Crippen molar-refractivity contribution in [1.29, 1.82) is 0 Å². The lowest BCUT2D eigenvalue weighted by molar-refractivity contribution is 0.0297. The van der Waals surface area contributed by atoms with Gasteiger partial charge in [0.05, 0.1) is 28.9 Å². The molecule has 2 unspecified atom stereocenters. The van der Waals surface area contributed by atoms with E-state index in [0.29, 0.717) is 24.4 Å². The summed E-state index contributed by atoms with van der Waals surface area (Å²) in [5.41, 5.74) is 6.36. The number of benzene rings is 1. The van der Waals surface area contributed by atoms with Crippen molar-refractivity contribution >= 4 is 27.5 Å². The van der Waals surface area contributed by atoms with Crippen LogP contribution in [-0.2, 0) is 4.74 Å². The lowest BCUT2D eigenvalue weighted by Gasteiger charge is -2.40. The van der Waals surface area contributed by atoms with Gasteiger partial charge in [-0.1, -0.05) is 12.1 Å². The Balaban J connectivity index is 2.42. The Morgan fingerprint density at radius 3 is 2.95 bits per heavy atom. The summed E-state index contributed by atoms with van der Waals surface area (Å²) in [6.07, 6.45) is 0.918. The molecule has 0 aromatic heterocycles. The third-order valence-corrected chi connectivity index (χ3v) is 4.47. The summed E-state index contributed by atoms with van der Waals surface area (Å²) in [5, 5.41) is 11.6. The second-order valence-electron chi connectivity index (χ2n) is 5.10. The van der Waals surface area contributed by atoms with Crippen LogP contribution in [0.2, 0.25) is 0 Å². The van der Waals surface area contributed by atoms with E-state index in [1.54, 1.807) is 12.1 Å². The van der Waals surface area contributed by atoms with Gasteiger partial charge in [0.15, 0.2) is 11.7 Å². The van der Waals surface area contributed by atoms with Gasteiger partial charge in [-0.15, -0.1) is 0 Å². The Hall–Kier alpha value is -1.34. The van der Waals surface area contributed by atoms with Gasteiger partial charge >= 0.3 is 0 Å². The van der Waals surface area contributed by atoms with Gasteiger partial charge in [-0.25, -0.2) is 4.39 Å². The minimum atomic E-state index is -0.411. The van der Waals surface area contributed by atoms with Crippen molar-refractivity contribution in [2.45, 2.75) is 32.4 Å². The van der Waals surface area contributed by atoms with Gasteiger partial charge in [-0.2, -0.15) is 0 Å². The number of halogens is 2. The molecule has 2 rings (SSSR count). The zero-order valence-corrected chi connectivity index (χ0v) is 13.6. The number of ether oxygens (including phenoxy) is 1. The van der Waals surface area contributed by atoms with Gasteiger partial charge in [0.25, 0.3) is 0 Å². The molecule has 0 bridgehead atoms. The molecular formula is C14H19BrFN3O2. The van der Waals surface area contributed by atoms with E-state index in [-0.39, 0.29) is 22.5 Å². The molecule has 3 N–H and O–H groups in total. The Bertz CT molecular complexity index is 553. The number of anilines is 1. The molecule has 0 aliphatic carbocycles. The molecule has 1 heterocycles. The zero-order valence-electron chi connectivity index (χ0n) is 12.0. The fourth-order valence-electron chi connectivity index (χ4n) is 2.49. The molecule has 0 saturated carbocycles. The molecule has 21 heavy (non-hydrogen) atoms. The van der Waals surface area contributed by atoms with Crippen molar-refractivity contribution in [1.82, 2.24) is 0 Å². The predicted molar refractivity (Wildman–Crippen MR) is 83.4 cm³/mol. The molecule has 7 heteroatoms. The normalized spacial score (nSPS) is 23.4. The number of hydrogen-bond acceptors (Lipinski definition) is 4. The Labute approximate surface area is 131 Å². The van der Waals surface area contributed by atoms with E-state index in [4.69, 9.17) is 15.7 Å². The fourth-order valence-corrected chi connectivity index (χ4v) is 3.03. The fraction of sp³-hybridized carbons (Fsp3) is 0.500. The smallest absolute Gasteiger partial charge is 0.171 e. The highest BCUT2D eigenvalue weighted by Gasteiger charge is 2.28. The first-order valence-electron chi connectivity index (χ1n) is 6.83. The summed E-state index contributed by atoms with van der Waals surface area (Å²) in [7, 11) is 0. The number of oxime groups is 1. The van der Waals surface area contributed by atoms with E-state index in [0.717, 1.165) is 6.42 Å². The lowest BCUT2D eigenvalue weighted by Crippen LogP contribution is -2.49. The van der Waals surface area contributed by atoms with Crippen molar-refractivity contribution in [3.05, 3.63) is 28.0 Å². The van der Waals surface area contributed by atoms with Crippen LogP contribution in [0, 0.1) is 5.82 Å². The molecule has 2 atom stereocenters. The minimum absolute atomic E-state index is 0.0507. The molecule has 1 fully saturated rings. The third-order valence-electron chi connectivity index (χ3n) is 3.69. The quantitative estimate of drug-likeness (QED) is 0.376. The maximum Gasteiger partial charge on any atom is 0.171 e. The van der Waals surface area contributed by atoms with Crippen LogP contribution < -0.4 is 10.6 Å². The van der Waals surface area contributed by atoms with Gasteiger partial charge in [0.2, 0.25) is 0 Å². The molecule has 1 aromatic rings. The van der Waals surface area contributed by atoms with Crippen LogP contribution in [0.1, 0.15) is 25.8 Å². The number of amidine groups is 1. The van der Waals surface area contributed by atoms with E-state index < -0.39 is 5.82 Å². The van der Waals surface area contributed by atoms with Crippen molar-refractivity contribution in [2.24, 2.45) is 10.9 Å². The van der Waals surface area contributed by atoms with Crippen LogP contribution in [0.4, 0.5) is 10.1 Å². The summed E-state index contributed by atoms with van der Waals surface area (Å²) in [4.78, 5) is 2.02. The maximum atomic E-state index is 14.7. The van der Waals surface area contributed by atoms with Crippen molar-refractivity contribution in [3.8, 4) is 0 Å². The molecule has 1 aromatic carbocycles. The van der Waals surface area contributed by atoms with Crippen LogP contribution >= 0.6 is 15.9 Å². The van der Waals surface area contributed by atoms with E-state index in [2.05, 4.69) is 28.0 Å². The highest BCUT2D eigenvalue weighted by atomic mass is 79.9. The molecular weight excluding hydrogens is 341 g/mol. The number of rotatable bonds is 3. The van der Waals surface area contributed by atoms with E-state index in [1.807, 2.05) is 11.8 Å². The SMILES string of the molecule is CCC1COC(C)CN1c1ccc(/C(N)=N/O)c(Br)c1F. The van der Waals surface area contributed by atoms with E-state index in [9.17, 15) is 4.39 Å². The monoisotopic (exact) mass is 359 g/mol. The van der Waals surface area contributed by atoms with E-state index >= 15 is 0 Å². The number of morpholine rings is 1. The van der Waals surface area contributed by atoms with Crippen molar-refractivity contribution in [3.63, 3.8) is 0 Å². The summed E-state index contributed by atoms with van der Waals surface area (Å²) in [6.45, 7) is 5.23. The van der Waals surface area contributed by atoms with Crippen LogP contribution in [0.5, 0.6) is 0 Å². The summed E-state index contributed by atoms with van der Waals surface area (Å²) >= 11 is 3.19. The average molecular weight is 360 g/mol. The van der Waals surface area contributed by atoms with Gasteiger partial charge in [-0.3, -0.25) is 0 Å². The second kappa shape index (κ2) is 6.62. The molecule has 0 amide bonds. The van der Waals surface area contributed by atoms with Gasteiger partial charge in [-0.05, 0) is 41.4 Å². The number of hydrogen-bond donors (Lipinski definition) is 2. The van der Waals surface area contributed by atoms with E-state index in [1.165, 1.54) is 0 Å². The lowest BCUT2D eigenvalue weighted by atomic mass is 10.1. The van der Waals surface area contributed by atoms with Crippen molar-refractivity contribution in [2.75, 3.05) is 18.1 Å². The Morgan fingerprint density at radius 1 is 1.62 bits per heavy atom. The van der Waals surface area contributed by atoms with Gasteiger partial charge in [0.1, 0.15) is 0 Å². The number of nitrogens with zero attached hydrogens (tertiary/aromatic N) is 2. The zero-order chi connectivity index (χ0) is 15.6. The summed E-state index contributed by atoms with van der Waals surface area (Å²) in [5.74, 6) is -0.540. The molecule has 1 aliphatic heterocycles. The van der Waals surface area contributed by atoms with Crippen molar-refractivity contribution < 1.29 is 14.3 Å². The Morgan fingerprint density at radius 2 is 2.33 bits per heavy atom. The highest BCUT2D eigenvalue weighted by molar-refractivity contribution is 9.10.